The maximum absolute atomic E-state index is 14.4. The maximum Gasteiger partial charge on any atom is 0.200 e. The van der Waals surface area contributed by atoms with Gasteiger partial charge in [0.25, 0.3) is 0 Å². The van der Waals surface area contributed by atoms with Crippen molar-refractivity contribution in [2.24, 2.45) is 5.92 Å². The summed E-state index contributed by atoms with van der Waals surface area (Å²) >= 11 is 0. The number of aryl methyl sites for hydroxylation is 2. The second-order valence-electron chi connectivity index (χ2n) is 9.13. The van der Waals surface area contributed by atoms with Gasteiger partial charge in [0, 0.05) is 0 Å². The minimum absolute atomic E-state index is 0.0299. The van der Waals surface area contributed by atoms with E-state index in [2.05, 4.69) is 67.6 Å². The van der Waals surface area contributed by atoms with Crippen molar-refractivity contribution < 1.29 is 13.5 Å². The standard InChI is InChI=1S/C30H32F2O/c1-21-7-13-24(14-8-21)25-15-9-22(10-16-25)5-3-4-6-23-11-17-26(18-12-23)27-19-20-28(33-2)30(32)29(27)31/h4,6-10,13-16,19-20,23,26H,3,5,11-12,17-18H2,1-2H3/b6-4+. The van der Waals surface area contributed by atoms with E-state index in [1.165, 1.54) is 35.4 Å². The fourth-order valence-electron chi connectivity index (χ4n) is 4.79. The van der Waals surface area contributed by atoms with Crippen LogP contribution in [0.3, 0.4) is 0 Å². The zero-order valence-corrected chi connectivity index (χ0v) is 19.5. The van der Waals surface area contributed by atoms with Gasteiger partial charge in [0.05, 0.1) is 7.11 Å². The van der Waals surface area contributed by atoms with Gasteiger partial charge in [-0.25, -0.2) is 4.39 Å². The summed E-state index contributed by atoms with van der Waals surface area (Å²) in [5.74, 6) is -1.04. The van der Waals surface area contributed by atoms with Gasteiger partial charge < -0.3 is 4.74 Å². The molecule has 1 nitrogen and oxygen atoms in total. The van der Waals surface area contributed by atoms with Gasteiger partial charge in [-0.2, -0.15) is 4.39 Å². The molecule has 1 aliphatic carbocycles. The highest BCUT2D eigenvalue weighted by molar-refractivity contribution is 5.63. The van der Waals surface area contributed by atoms with Crippen LogP contribution in [0.5, 0.6) is 5.75 Å². The SMILES string of the molecule is COc1ccc(C2CCC(/C=C/CCc3ccc(-c4ccc(C)cc4)cc3)CC2)c(F)c1F. The number of halogens is 2. The van der Waals surface area contributed by atoms with Crippen LogP contribution >= 0.6 is 0 Å². The maximum atomic E-state index is 14.4. The summed E-state index contributed by atoms with van der Waals surface area (Å²) in [5.41, 5.74) is 5.61. The summed E-state index contributed by atoms with van der Waals surface area (Å²) in [7, 11) is 1.36. The van der Waals surface area contributed by atoms with Crippen molar-refractivity contribution >= 4 is 0 Å². The van der Waals surface area contributed by atoms with E-state index in [0.717, 1.165) is 38.5 Å². The van der Waals surface area contributed by atoms with E-state index in [1.54, 1.807) is 6.07 Å². The molecular formula is C30H32F2O. The summed E-state index contributed by atoms with van der Waals surface area (Å²) in [4.78, 5) is 0. The van der Waals surface area contributed by atoms with Crippen molar-refractivity contribution in [2.45, 2.75) is 51.4 Å². The van der Waals surface area contributed by atoms with Crippen molar-refractivity contribution in [1.82, 2.24) is 0 Å². The summed E-state index contributed by atoms with van der Waals surface area (Å²) in [6.07, 6.45) is 10.4. The van der Waals surface area contributed by atoms with Crippen LogP contribution in [0.4, 0.5) is 8.78 Å². The highest BCUT2D eigenvalue weighted by Gasteiger charge is 2.25. The Morgan fingerprint density at radius 1 is 0.818 bits per heavy atom. The Kier molecular flexibility index (Phi) is 7.59. The van der Waals surface area contributed by atoms with Crippen LogP contribution in [0.15, 0.2) is 72.8 Å². The Bertz CT molecular complexity index is 1080. The van der Waals surface area contributed by atoms with Gasteiger partial charge in [-0.3, -0.25) is 0 Å². The van der Waals surface area contributed by atoms with Gasteiger partial charge in [-0.1, -0.05) is 72.3 Å². The van der Waals surface area contributed by atoms with Crippen LogP contribution in [0.25, 0.3) is 11.1 Å². The number of allylic oxidation sites excluding steroid dienone is 2. The first kappa shape index (κ1) is 23.2. The van der Waals surface area contributed by atoms with Crippen LogP contribution < -0.4 is 4.74 Å². The topological polar surface area (TPSA) is 9.23 Å². The quantitative estimate of drug-likeness (QED) is 0.331. The molecule has 172 valence electrons. The van der Waals surface area contributed by atoms with E-state index in [-0.39, 0.29) is 11.7 Å². The molecular weight excluding hydrogens is 414 g/mol. The molecule has 0 amide bonds. The van der Waals surface area contributed by atoms with E-state index in [0.29, 0.717) is 11.5 Å². The van der Waals surface area contributed by atoms with E-state index < -0.39 is 11.6 Å². The third-order valence-corrected chi connectivity index (χ3v) is 6.86. The average Bonchev–Trinajstić information content (AvgIpc) is 2.85. The molecule has 3 aromatic rings. The number of methoxy groups -OCH3 is 1. The van der Waals surface area contributed by atoms with E-state index in [4.69, 9.17) is 4.74 Å². The van der Waals surface area contributed by atoms with Gasteiger partial charge in [0.15, 0.2) is 11.6 Å². The molecule has 0 radical (unpaired) electrons. The summed E-state index contributed by atoms with van der Waals surface area (Å²) < 4.78 is 33.3. The Labute approximate surface area is 196 Å². The molecule has 0 bridgehead atoms. The van der Waals surface area contributed by atoms with Crippen molar-refractivity contribution in [3.8, 4) is 16.9 Å². The summed E-state index contributed by atoms with van der Waals surface area (Å²) in [6, 6.07) is 20.7. The first-order chi connectivity index (χ1) is 16.0. The van der Waals surface area contributed by atoms with Crippen molar-refractivity contribution in [2.75, 3.05) is 7.11 Å². The molecule has 33 heavy (non-hydrogen) atoms. The second kappa shape index (κ2) is 10.8. The summed E-state index contributed by atoms with van der Waals surface area (Å²) in [5, 5.41) is 0. The monoisotopic (exact) mass is 446 g/mol. The number of rotatable bonds is 7. The molecule has 1 saturated carbocycles. The highest BCUT2D eigenvalue weighted by Crippen LogP contribution is 2.39. The lowest BCUT2D eigenvalue weighted by Gasteiger charge is -2.27. The molecule has 0 heterocycles. The molecule has 3 aromatic carbocycles. The third kappa shape index (κ3) is 5.71. The molecule has 4 rings (SSSR count). The number of hydrogen-bond donors (Lipinski definition) is 0. The van der Waals surface area contributed by atoms with Crippen LogP contribution in [-0.4, -0.2) is 7.11 Å². The van der Waals surface area contributed by atoms with Gasteiger partial charge in [0.1, 0.15) is 0 Å². The third-order valence-electron chi connectivity index (χ3n) is 6.86. The number of ether oxygens (including phenoxy) is 1. The smallest absolute Gasteiger partial charge is 0.200 e. The first-order valence-electron chi connectivity index (χ1n) is 11.9. The van der Waals surface area contributed by atoms with Crippen LogP contribution in [0.1, 0.15) is 54.7 Å². The minimum Gasteiger partial charge on any atom is -0.494 e. The van der Waals surface area contributed by atoms with Crippen LogP contribution in [0, 0.1) is 24.5 Å². The lowest BCUT2D eigenvalue weighted by Crippen LogP contribution is -2.13. The second-order valence-corrected chi connectivity index (χ2v) is 9.13. The fourth-order valence-corrected chi connectivity index (χ4v) is 4.79. The molecule has 1 aliphatic rings. The van der Waals surface area contributed by atoms with Gasteiger partial charge in [0.2, 0.25) is 5.82 Å². The lowest BCUT2D eigenvalue weighted by molar-refractivity contribution is 0.349. The number of hydrogen-bond acceptors (Lipinski definition) is 1. The normalized spacial score (nSPS) is 18.5. The van der Waals surface area contributed by atoms with Gasteiger partial charge >= 0.3 is 0 Å². The zero-order valence-electron chi connectivity index (χ0n) is 19.5. The van der Waals surface area contributed by atoms with Gasteiger partial charge in [-0.05, 0) is 85.6 Å². The highest BCUT2D eigenvalue weighted by atomic mass is 19.2. The lowest BCUT2D eigenvalue weighted by atomic mass is 9.78. The van der Waals surface area contributed by atoms with E-state index in [1.807, 2.05) is 0 Å². The Morgan fingerprint density at radius 2 is 1.45 bits per heavy atom. The van der Waals surface area contributed by atoms with Gasteiger partial charge in [-0.15, -0.1) is 0 Å². The van der Waals surface area contributed by atoms with Crippen molar-refractivity contribution in [3.05, 3.63) is 101 Å². The molecule has 0 unspecified atom stereocenters. The van der Waals surface area contributed by atoms with Crippen molar-refractivity contribution in [3.63, 3.8) is 0 Å². The number of benzene rings is 3. The predicted molar refractivity (Wildman–Crippen MR) is 132 cm³/mol. The minimum atomic E-state index is -0.871. The Morgan fingerprint density at radius 3 is 2.09 bits per heavy atom. The van der Waals surface area contributed by atoms with E-state index in [9.17, 15) is 8.78 Å². The molecule has 0 atom stereocenters. The van der Waals surface area contributed by atoms with E-state index >= 15 is 0 Å². The van der Waals surface area contributed by atoms with Crippen LogP contribution in [0.2, 0.25) is 0 Å². The molecule has 3 heteroatoms. The molecule has 0 saturated heterocycles. The van der Waals surface area contributed by atoms with Crippen molar-refractivity contribution in [1.29, 1.82) is 0 Å². The van der Waals surface area contributed by atoms with Crippen LogP contribution in [-0.2, 0) is 6.42 Å². The summed E-state index contributed by atoms with van der Waals surface area (Å²) in [6.45, 7) is 2.11. The molecule has 0 spiro atoms. The predicted octanol–water partition coefficient (Wildman–Crippen LogP) is 8.41. The fraction of sp³-hybridized carbons (Fsp3) is 0.333. The molecule has 1 fully saturated rings. The molecule has 0 aromatic heterocycles. The zero-order chi connectivity index (χ0) is 23.2. The molecule has 0 aliphatic heterocycles. The Hall–Kier alpha value is -2.94. The molecule has 0 N–H and O–H groups in total. The Balaban J connectivity index is 1.24. The average molecular weight is 447 g/mol. The first-order valence-corrected chi connectivity index (χ1v) is 11.9. The largest absolute Gasteiger partial charge is 0.494 e.